The average molecular weight is 450 g/mol. The molecule has 1 N–H and O–H groups in total. The molecule has 2 aromatic carbocycles. The van der Waals surface area contributed by atoms with E-state index >= 15 is 0 Å². The van der Waals surface area contributed by atoms with Crippen LogP contribution in [0.5, 0.6) is 5.75 Å². The molecule has 0 aliphatic heterocycles. The number of aromatic nitrogens is 7. The summed E-state index contributed by atoms with van der Waals surface area (Å²) in [5, 5.41) is 22.3. The minimum atomic E-state index is -4.52. The third-order valence-corrected chi connectivity index (χ3v) is 4.81. The van der Waals surface area contributed by atoms with Gasteiger partial charge in [0, 0.05) is 17.6 Å². The molecule has 0 amide bonds. The van der Waals surface area contributed by atoms with Gasteiger partial charge in [-0.2, -0.15) is 18.4 Å². The summed E-state index contributed by atoms with van der Waals surface area (Å²) in [5.74, 6) is 1.09. The number of halogens is 4. The second kappa shape index (κ2) is 7.99. The maximum absolute atomic E-state index is 13.4. The van der Waals surface area contributed by atoms with Gasteiger partial charge in [-0.15, -0.1) is 20.4 Å². The molecule has 0 aliphatic rings. The number of aromatic amines is 1. The summed E-state index contributed by atoms with van der Waals surface area (Å²) in [6.07, 6.45) is -5.18. The first-order valence-corrected chi connectivity index (χ1v) is 9.39. The predicted octanol–water partition coefficient (Wildman–Crippen LogP) is 4.47. The molecule has 4 rings (SSSR count). The molecule has 31 heavy (non-hydrogen) atoms. The highest BCUT2D eigenvalue weighted by Crippen LogP contribution is 2.37. The van der Waals surface area contributed by atoms with Gasteiger partial charge in [-0.25, -0.2) is 0 Å². The fraction of sp³-hybridized carbons (Fsp3) is 0.211. The molecule has 8 nitrogen and oxygen atoms in total. The van der Waals surface area contributed by atoms with Gasteiger partial charge in [0.1, 0.15) is 5.75 Å². The Labute approximate surface area is 179 Å². The number of H-pyrrole nitrogens is 1. The summed E-state index contributed by atoms with van der Waals surface area (Å²) in [7, 11) is 1.58. The van der Waals surface area contributed by atoms with Crippen molar-refractivity contribution in [3.8, 4) is 28.5 Å². The van der Waals surface area contributed by atoms with Crippen molar-refractivity contribution < 1.29 is 17.9 Å². The van der Waals surface area contributed by atoms with Crippen LogP contribution in [0.3, 0.4) is 0 Å². The molecule has 0 aliphatic carbocycles. The van der Waals surface area contributed by atoms with Crippen molar-refractivity contribution in [3.63, 3.8) is 0 Å². The van der Waals surface area contributed by atoms with E-state index in [0.29, 0.717) is 22.2 Å². The molecule has 0 spiro atoms. The molecular weight excluding hydrogens is 435 g/mol. The van der Waals surface area contributed by atoms with E-state index in [1.165, 1.54) is 22.8 Å². The van der Waals surface area contributed by atoms with E-state index in [0.717, 1.165) is 6.07 Å². The highest BCUT2D eigenvalue weighted by molar-refractivity contribution is 6.30. The highest BCUT2D eigenvalue weighted by atomic mass is 35.5. The normalized spacial score (nSPS) is 12.7. The van der Waals surface area contributed by atoms with Gasteiger partial charge in [0.05, 0.1) is 11.1 Å². The topological polar surface area (TPSA) is 94.4 Å². The van der Waals surface area contributed by atoms with Crippen molar-refractivity contribution in [1.29, 1.82) is 0 Å². The first-order valence-electron chi connectivity index (χ1n) is 9.01. The number of benzene rings is 2. The lowest BCUT2D eigenvalue weighted by Gasteiger charge is -2.17. The number of rotatable bonds is 5. The second-order valence-electron chi connectivity index (χ2n) is 6.62. The summed E-state index contributed by atoms with van der Waals surface area (Å²) < 4.78 is 47.7. The zero-order chi connectivity index (χ0) is 22.2. The fourth-order valence-corrected chi connectivity index (χ4v) is 3.33. The number of nitrogens with one attached hydrogen (secondary N) is 1. The van der Waals surface area contributed by atoms with Crippen LogP contribution in [0.1, 0.15) is 24.4 Å². The van der Waals surface area contributed by atoms with Gasteiger partial charge in [-0.1, -0.05) is 29.8 Å². The van der Waals surface area contributed by atoms with Crippen molar-refractivity contribution in [1.82, 2.24) is 35.4 Å². The first-order chi connectivity index (χ1) is 14.8. The molecule has 0 bridgehead atoms. The van der Waals surface area contributed by atoms with Crippen LogP contribution >= 0.6 is 11.6 Å². The Bertz CT molecular complexity index is 1210. The van der Waals surface area contributed by atoms with Gasteiger partial charge >= 0.3 is 6.18 Å². The predicted molar refractivity (Wildman–Crippen MR) is 105 cm³/mol. The van der Waals surface area contributed by atoms with E-state index in [9.17, 15) is 13.2 Å². The second-order valence-corrected chi connectivity index (χ2v) is 7.06. The quantitative estimate of drug-likeness (QED) is 0.483. The summed E-state index contributed by atoms with van der Waals surface area (Å²) in [6, 6.07) is 10.1. The van der Waals surface area contributed by atoms with E-state index in [1.807, 2.05) is 0 Å². The summed E-state index contributed by atoms with van der Waals surface area (Å²) in [6.45, 7) is 1.71. The molecule has 160 valence electrons. The Morgan fingerprint density at radius 3 is 2.55 bits per heavy atom. The molecule has 0 saturated carbocycles. The van der Waals surface area contributed by atoms with Crippen molar-refractivity contribution >= 4 is 11.6 Å². The van der Waals surface area contributed by atoms with Gasteiger partial charge in [0.15, 0.2) is 17.8 Å². The number of hydrogen-bond acceptors (Lipinski definition) is 6. The van der Waals surface area contributed by atoms with E-state index in [1.54, 1.807) is 32.2 Å². The van der Waals surface area contributed by atoms with Crippen LogP contribution in [0.4, 0.5) is 13.2 Å². The third kappa shape index (κ3) is 4.08. The SMILES string of the molecule is C[C@H](Oc1ccc(Cl)cc1-c1nn[nH]n1)c1nnc(-c2ccccc2C(F)(F)F)n1C. The van der Waals surface area contributed by atoms with Crippen LogP contribution in [0.2, 0.25) is 5.02 Å². The monoisotopic (exact) mass is 449 g/mol. The summed E-state index contributed by atoms with van der Waals surface area (Å²) in [4.78, 5) is 0. The molecule has 2 aromatic heterocycles. The molecule has 0 fully saturated rings. The zero-order valence-corrected chi connectivity index (χ0v) is 17.0. The molecule has 12 heteroatoms. The van der Waals surface area contributed by atoms with Crippen molar-refractivity contribution in [2.45, 2.75) is 19.2 Å². The van der Waals surface area contributed by atoms with Gasteiger partial charge in [0.25, 0.3) is 0 Å². The largest absolute Gasteiger partial charge is 0.482 e. The van der Waals surface area contributed by atoms with Crippen molar-refractivity contribution in [2.24, 2.45) is 7.05 Å². The smallest absolute Gasteiger partial charge is 0.417 e. The number of nitrogens with zero attached hydrogens (tertiary/aromatic N) is 6. The molecule has 1 atom stereocenters. The van der Waals surface area contributed by atoms with Gasteiger partial charge in [-0.3, -0.25) is 0 Å². The van der Waals surface area contributed by atoms with Crippen LogP contribution in [0.15, 0.2) is 42.5 Å². The molecule has 2 heterocycles. The van der Waals surface area contributed by atoms with Crippen LogP contribution in [0, 0.1) is 0 Å². The molecule has 0 unspecified atom stereocenters. The number of hydrogen-bond donors (Lipinski definition) is 1. The number of ether oxygens (including phenoxy) is 1. The fourth-order valence-electron chi connectivity index (χ4n) is 3.15. The van der Waals surface area contributed by atoms with Crippen LogP contribution in [-0.2, 0) is 13.2 Å². The standard InChI is InChI=1S/C19H15ClF3N7O/c1-10(31-15-8-7-11(20)9-13(15)16-24-28-29-25-16)17-26-27-18(30(17)2)12-5-3-4-6-14(12)19(21,22)23/h3-10H,1-2H3,(H,24,25,28,29)/t10-/m0/s1. The first kappa shape index (κ1) is 20.8. The van der Waals surface area contributed by atoms with Crippen LogP contribution < -0.4 is 4.74 Å². The minimum Gasteiger partial charge on any atom is -0.482 e. The number of alkyl halides is 3. The average Bonchev–Trinajstić information content (AvgIpc) is 3.38. The summed E-state index contributed by atoms with van der Waals surface area (Å²) >= 11 is 6.08. The van der Waals surface area contributed by atoms with E-state index < -0.39 is 17.8 Å². The van der Waals surface area contributed by atoms with Gasteiger partial charge in [-0.05, 0) is 36.4 Å². The minimum absolute atomic E-state index is 0.0672. The zero-order valence-electron chi connectivity index (χ0n) is 16.2. The Kier molecular flexibility index (Phi) is 5.36. The van der Waals surface area contributed by atoms with Crippen LogP contribution in [-0.4, -0.2) is 35.4 Å². The Hall–Kier alpha value is -3.47. The van der Waals surface area contributed by atoms with E-state index in [2.05, 4.69) is 30.8 Å². The highest BCUT2D eigenvalue weighted by Gasteiger charge is 2.35. The Morgan fingerprint density at radius 1 is 1.06 bits per heavy atom. The lowest BCUT2D eigenvalue weighted by atomic mass is 10.1. The van der Waals surface area contributed by atoms with Crippen molar-refractivity contribution in [3.05, 3.63) is 58.9 Å². The molecule has 0 saturated heterocycles. The molecule has 0 radical (unpaired) electrons. The van der Waals surface area contributed by atoms with E-state index in [4.69, 9.17) is 16.3 Å². The van der Waals surface area contributed by atoms with Gasteiger partial charge in [0.2, 0.25) is 5.82 Å². The Balaban J connectivity index is 1.68. The maximum Gasteiger partial charge on any atom is 0.417 e. The number of tetrazole rings is 1. The van der Waals surface area contributed by atoms with E-state index in [-0.39, 0.29) is 17.2 Å². The van der Waals surface area contributed by atoms with Crippen LogP contribution in [0.25, 0.3) is 22.8 Å². The van der Waals surface area contributed by atoms with Gasteiger partial charge < -0.3 is 9.30 Å². The lowest BCUT2D eigenvalue weighted by molar-refractivity contribution is -0.137. The van der Waals surface area contributed by atoms with Crippen molar-refractivity contribution in [2.75, 3.05) is 0 Å². The Morgan fingerprint density at radius 2 is 1.84 bits per heavy atom. The third-order valence-electron chi connectivity index (χ3n) is 4.58. The molecule has 4 aromatic rings. The lowest BCUT2D eigenvalue weighted by Crippen LogP contribution is -2.12. The summed E-state index contributed by atoms with van der Waals surface area (Å²) in [5.41, 5.74) is -0.358. The maximum atomic E-state index is 13.4. The molecular formula is C19H15ClF3N7O.